The molecule has 1 aromatic heterocycles. The lowest BCUT2D eigenvalue weighted by Gasteiger charge is -2.24. The molecular weight excluding hydrogens is 228 g/mol. The maximum absolute atomic E-state index is 11.9. The number of nitrogens with zero attached hydrogens (tertiary/aromatic N) is 2. The molecule has 3 N–H and O–H groups in total. The van der Waals surface area contributed by atoms with Gasteiger partial charge in [0.2, 0.25) is 10.0 Å². The smallest absolute Gasteiger partial charge is 0.244 e. The van der Waals surface area contributed by atoms with Crippen LogP contribution in [0.25, 0.3) is 0 Å². The molecule has 0 unspecified atom stereocenters. The van der Waals surface area contributed by atoms with Crippen molar-refractivity contribution >= 4 is 10.0 Å². The van der Waals surface area contributed by atoms with Crippen molar-refractivity contribution in [3.63, 3.8) is 0 Å². The Morgan fingerprint density at radius 2 is 2.19 bits per heavy atom. The zero-order valence-corrected chi connectivity index (χ0v) is 10.6. The standard InChI is InChI=1S/C9H18N4O2S/c1-9(2,4-5-10)12-16(14,15)8-6-11-13(3)7-8/h6-7,12H,4-5,10H2,1-3H3. The molecule has 0 radical (unpaired) electrons. The van der Waals surface area contributed by atoms with E-state index in [9.17, 15) is 8.42 Å². The van der Waals surface area contributed by atoms with E-state index in [0.717, 1.165) is 0 Å². The maximum atomic E-state index is 11.9. The van der Waals surface area contributed by atoms with E-state index in [1.807, 2.05) is 0 Å². The van der Waals surface area contributed by atoms with Crippen LogP contribution in [0.3, 0.4) is 0 Å². The highest BCUT2D eigenvalue weighted by molar-refractivity contribution is 7.89. The van der Waals surface area contributed by atoms with Crippen molar-refractivity contribution in [1.82, 2.24) is 14.5 Å². The van der Waals surface area contributed by atoms with E-state index in [1.165, 1.54) is 17.1 Å². The van der Waals surface area contributed by atoms with Crippen molar-refractivity contribution in [2.45, 2.75) is 30.7 Å². The second-order valence-corrected chi connectivity index (χ2v) is 6.06. The van der Waals surface area contributed by atoms with Crippen molar-refractivity contribution in [2.24, 2.45) is 12.8 Å². The summed E-state index contributed by atoms with van der Waals surface area (Å²) < 4.78 is 27.9. The molecule has 0 aliphatic carbocycles. The molecule has 16 heavy (non-hydrogen) atoms. The van der Waals surface area contributed by atoms with Gasteiger partial charge in [0.25, 0.3) is 0 Å². The van der Waals surface area contributed by atoms with Gasteiger partial charge in [-0.15, -0.1) is 0 Å². The van der Waals surface area contributed by atoms with E-state index in [2.05, 4.69) is 9.82 Å². The van der Waals surface area contributed by atoms with Gasteiger partial charge in [0, 0.05) is 18.8 Å². The van der Waals surface area contributed by atoms with Crippen LogP contribution in [-0.4, -0.2) is 30.3 Å². The Bertz CT molecular complexity index is 450. The average Bonchev–Trinajstić information content (AvgIpc) is 2.49. The molecule has 0 saturated heterocycles. The van der Waals surface area contributed by atoms with E-state index in [0.29, 0.717) is 13.0 Å². The van der Waals surface area contributed by atoms with Crippen molar-refractivity contribution in [1.29, 1.82) is 0 Å². The predicted octanol–water partition coefficient (Wildman–Crippen LogP) is -0.174. The number of nitrogens with one attached hydrogen (secondary N) is 1. The van der Waals surface area contributed by atoms with Crippen LogP contribution in [-0.2, 0) is 17.1 Å². The minimum atomic E-state index is -3.51. The van der Waals surface area contributed by atoms with Gasteiger partial charge in [-0.3, -0.25) is 4.68 Å². The summed E-state index contributed by atoms with van der Waals surface area (Å²) in [5.74, 6) is 0. The van der Waals surface area contributed by atoms with E-state index in [-0.39, 0.29) is 4.90 Å². The summed E-state index contributed by atoms with van der Waals surface area (Å²) in [4.78, 5) is 0.167. The highest BCUT2D eigenvalue weighted by Crippen LogP contribution is 2.14. The Morgan fingerprint density at radius 3 is 2.62 bits per heavy atom. The van der Waals surface area contributed by atoms with Crippen LogP contribution in [0.1, 0.15) is 20.3 Å². The first-order chi connectivity index (χ1) is 7.27. The van der Waals surface area contributed by atoms with Crippen molar-refractivity contribution in [3.05, 3.63) is 12.4 Å². The zero-order chi connectivity index (χ0) is 12.4. The van der Waals surface area contributed by atoms with E-state index < -0.39 is 15.6 Å². The molecular formula is C9H18N4O2S. The summed E-state index contributed by atoms with van der Waals surface area (Å²) >= 11 is 0. The quantitative estimate of drug-likeness (QED) is 0.754. The lowest BCUT2D eigenvalue weighted by Crippen LogP contribution is -2.44. The highest BCUT2D eigenvalue weighted by Gasteiger charge is 2.26. The molecule has 0 atom stereocenters. The molecule has 1 aromatic rings. The molecule has 7 heteroatoms. The van der Waals surface area contributed by atoms with Crippen molar-refractivity contribution < 1.29 is 8.42 Å². The molecule has 0 aromatic carbocycles. The summed E-state index contributed by atoms with van der Waals surface area (Å²) in [6.07, 6.45) is 3.36. The van der Waals surface area contributed by atoms with E-state index in [1.54, 1.807) is 20.9 Å². The number of aryl methyl sites for hydroxylation is 1. The van der Waals surface area contributed by atoms with Gasteiger partial charge in [-0.25, -0.2) is 13.1 Å². The number of aromatic nitrogens is 2. The fourth-order valence-corrected chi connectivity index (χ4v) is 2.80. The maximum Gasteiger partial charge on any atom is 0.244 e. The first-order valence-electron chi connectivity index (χ1n) is 4.99. The van der Waals surface area contributed by atoms with Gasteiger partial charge in [0.05, 0.1) is 6.20 Å². The number of hydrogen-bond donors (Lipinski definition) is 2. The van der Waals surface area contributed by atoms with E-state index >= 15 is 0 Å². The topological polar surface area (TPSA) is 90.0 Å². The lowest BCUT2D eigenvalue weighted by atomic mass is 10.0. The molecule has 1 heterocycles. The third-order valence-electron chi connectivity index (χ3n) is 2.17. The average molecular weight is 246 g/mol. The van der Waals surface area contributed by atoms with E-state index in [4.69, 9.17) is 5.73 Å². The van der Waals surface area contributed by atoms with Gasteiger partial charge in [-0.1, -0.05) is 0 Å². The fourth-order valence-electron chi connectivity index (χ4n) is 1.37. The Kier molecular flexibility index (Phi) is 3.72. The first kappa shape index (κ1) is 13.1. The predicted molar refractivity (Wildman–Crippen MR) is 61.3 cm³/mol. The molecule has 92 valence electrons. The monoisotopic (exact) mass is 246 g/mol. The minimum Gasteiger partial charge on any atom is -0.330 e. The summed E-state index contributed by atoms with van der Waals surface area (Å²) in [5.41, 5.74) is 4.87. The normalized spacial score (nSPS) is 13.0. The van der Waals surface area contributed by atoms with Crippen LogP contribution >= 0.6 is 0 Å². The summed E-state index contributed by atoms with van der Waals surface area (Å²) in [7, 11) is -1.84. The Hall–Kier alpha value is -0.920. The summed E-state index contributed by atoms with van der Waals surface area (Å²) in [6.45, 7) is 4.03. The van der Waals surface area contributed by atoms with Crippen molar-refractivity contribution in [2.75, 3.05) is 6.54 Å². The first-order valence-corrected chi connectivity index (χ1v) is 6.48. The van der Waals surface area contributed by atoms with Gasteiger partial charge in [-0.05, 0) is 26.8 Å². The Morgan fingerprint density at radius 1 is 1.56 bits per heavy atom. The molecule has 0 spiro atoms. The molecule has 0 bridgehead atoms. The summed E-state index contributed by atoms with van der Waals surface area (Å²) in [6, 6.07) is 0. The number of nitrogens with two attached hydrogens (primary N) is 1. The van der Waals surface area contributed by atoms with Crippen LogP contribution in [0.5, 0.6) is 0 Å². The molecule has 1 rings (SSSR count). The van der Waals surface area contributed by atoms with Gasteiger partial charge in [0.1, 0.15) is 4.90 Å². The summed E-state index contributed by atoms with van der Waals surface area (Å²) in [5, 5.41) is 3.83. The number of rotatable bonds is 5. The van der Waals surface area contributed by atoms with Gasteiger partial charge in [0.15, 0.2) is 0 Å². The largest absolute Gasteiger partial charge is 0.330 e. The SMILES string of the molecule is Cn1cc(S(=O)(=O)NC(C)(C)CCN)cn1. The molecule has 6 nitrogen and oxygen atoms in total. The molecule has 0 fully saturated rings. The van der Waals surface area contributed by atoms with Gasteiger partial charge in [-0.2, -0.15) is 5.10 Å². The fraction of sp³-hybridized carbons (Fsp3) is 0.667. The van der Waals surface area contributed by atoms with Crippen LogP contribution in [0.4, 0.5) is 0 Å². The molecule has 0 aliphatic rings. The lowest BCUT2D eigenvalue weighted by molar-refractivity contribution is 0.428. The van der Waals surface area contributed by atoms with Crippen LogP contribution in [0.2, 0.25) is 0 Å². The molecule has 0 aliphatic heterocycles. The highest BCUT2D eigenvalue weighted by atomic mass is 32.2. The third-order valence-corrected chi connectivity index (χ3v) is 3.82. The van der Waals surface area contributed by atoms with Gasteiger partial charge < -0.3 is 5.73 Å². The Balaban J connectivity index is 2.88. The Labute approximate surface area is 95.9 Å². The second-order valence-electron chi connectivity index (χ2n) is 4.38. The minimum absolute atomic E-state index is 0.167. The second kappa shape index (κ2) is 4.52. The molecule has 0 amide bonds. The number of sulfonamides is 1. The van der Waals surface area contributed by atoms with Crippen LogP contribution in [0.15, 0.2) is 17.3 Å². The van der Waals surface area contributed by atoms with Crippen molar-refractivity contribution in [3.8, 4) is 0 Å². The number of hydrogen-bond acceptors (Lipinski definition) is 4. The van der Waals surface area contributed by atoms with Crippen LogP contribution < -0.4 is 10.5 Å². The zero-order valence-electron chi connectivity index (χ0n) is 9.77. The third kappa shape index (κ3) is 3.29. The molecule has 0 saturated carbocycles. The van der Waals surface area contributed by atoms with Crippen LogP contribution in [0, 0.1) is 0 Å². The van der Waals surface area contributed by atoms with Gasteiger partial charge >= 0.3 is 0 Å².